The number of halogens is 1. The number of aromatic nitrogens is 1. The first-order chi connectivity index (χ1) is 16.0. The number of hydrogen-bond acceptors (Lipinski definition) is 6. The van der Waals surface area contributed by atoms with E-state index in [1.165, 1.54) is 37.4 Å². The van der Waals surface area contributed by atoms with Gasteiger partial charge in [0.1, 0.15) is 5.75 Å². The Balaban J connectivity index is 1.71. The van der Waals surface area contributed by atoms with Crippen molar-refractivity contribution in [2.24, 2.45) is 7.05 Å². The second-order valence-electron chi connectivity index (χ2n) is 7.31. The predicted molar refractivity (Wildman–Crippen MR) is 139 cm³/mol. The van der Waals surface area contributed by atoms with Gasteiger partial charge in [-0.15, -0.1) is 0 Å². The number of rotatable bonds is 7. The van der Waals surface area contributed by atoms with Crippen LogP contribution in [0.25, 0.3) is 10.9 Å². The van der Waals surface area contributed by atoms with Crippen LogP contribution >= 0.6 is 23.1 Å². The molecule has 2 N–H and O–H groups in total. The number of benzene rings is 3. The minimum atomic E-state index is -4.11. The Morgan fingerprint density at radius 3 is 2.47 bits per heavy atom. The number of sulfonamides is 1. The fourth-order valence-corrected chi connectivity index (χ4v) is 6.57. The molecule has 0 aliphatic carbocycles. The van der Waals surface area contributed by atoms with Gasteiger partial charge in [0.05, 0.1) is 48.9 Å². The summed E-state index contributed by atoms with van der Waals surface area (Å²) in [6.45, 7) is 0. The van der Waals surface area contributed by atoms with Gasteiger partial charge in [-0.3, -0.25) is 13.5 Å². The molecule has 4 rings (SSSR count). The van der Waals surface area contributed by atoms with Gasteiger partial charge >= 0.3 is 0 Å². The summed E-state index contributed by atoms with van der Waals surface area (Å²) in [5.41, 5.74) is 0.919. The Hall–Kier alpha value is -2.99. The summed E-state index contributed by atoms with van der Waals surface area (Å²) in [6.07, 6.45) is 0. The summed E-state index contributed by atoms with van der Waals surface area (Å²) in [7, 11) is -3.97. The van der Waals surface area contributed by atoms with Crippen molar-refractivity contribution in [1.82, 2.24) is 3.96 Å². The van der Waals surface area contributed by atoms with E-state index in [4.69, 9.17) is 16.3 Å². The van der Waals surface area contributed by atoms with Crippen molar-refractivity contribution in [3.8, 4) is 5.75 Å². The molecule has 0 amide bonds. The van der Waals surface area contributed by atoms with E-state index in [1.807, 2.05) is 0 Å². The van der Waals surface area contributed by atoms with Gasteiger partial charge in [0.25, 0.3) is 14.8 Å². The molecule has 12 heteroatoms. The minimum Gasteiger partial charge on any atom is -0.497 e. The van der Waals surface area contributed by atoms with E-state index in [1.54, 1.807) is 41.3 Å². The number of anilines is 2. The first-order valence-electron chi connectivity index (χ1n) is 9.72. The van der Waals surface area contributed by atoms with Crippen molar-refractivity contribution in [3.05, 3.63) is 75.2 Å². The largest absolute Gasteiger partial charge is 0.497 e. The molecule has 8 nitrogen and oxygen atoms in total. The van der Waals surface area contributed by atoms with Crippen LogP contribution in [0.1, 0.15) is 0 Å². The Morgan fingerprint density at radius 1 is 0.971 bits per heavy atom. The molecule has 0 spiro atoms. The lowest BCUT2D eigenvalue weighted by atomic mass is 10.2. The van der Waals surface area contributed by atoms with Crippen LogP contribution in [0.3, 0.4) is 0 Å². The molecule has 0 fully saturated rings. The van der Waals surface area contributed by atoms with Gasteiger partial charge in [0.15, 0.2) is 0 Å². The van der Waals surface area contributed by atoms with Gasteiger partial charge in [0, 0.05) is 12.1 Å². The molecule has 1 aromatic heterocycles. The minimum absolute atomic E-state index is 0.0742. The van der Waals surface area contributed by atoms with Crippen LogP contribution in [0.4, 0.5) is 11.4 Å². The van der Waals surface area contributed by atoms with Crippen LogP contribution in [0, 0.1) is 0 Å². The van der Waals surface area contributed by atoms with Crippen LogP contribution in [-0.2, 0) is 26.8 Å². The fraction of sp³-hybridized carbons (Fsp3) is 0.0909. The molecule has 1 heterocycles. The van der Waals surface area contributed by atoms with E-state index in [0.29, 0.717) is 21.5 Å². The zero-order valence-corrected chi connectivity index (χ0v) is 21.3. The number of ether oxygens (including phenoxy) is 1. The summed E-state index contributed by atoms with van der Waals surface area (Å²) in [5.74, 6) is 4.29. The number of fused-ring (bicyclic) bond motifs is 1. The summed E-state index contributed by atoms with van der Waals surface area (Å²) in [5, 5.41) is 0.570. The molecule has 178 valence electrons. The lowest BCUT2D eigenvalue weighted by Crippen LogP contribution is -2.17. The average Bonchev–Trinajstić information content (AvgIpc) is 3.08. The molecule has 0 bridgehead atoms. The third-order valence-corrected chi connectivity index (χ3v) is 9.00. The lowest BCUT2D eigenvalue weighted by Gasteiger charge is -2.18. The van der Waals surface area contributed by atoms with Crippen molar-refractivity contribution in [2.75, 3.05) is 16.6 Å². The van der Waals surface area contributed by atoms with E-state index < -0.39 is 19.7 Å². The molecular weight excluding hydrogens is 518 g/mol. The van der Waals surface area contributed by atoms with Gasteiger partial charge in [-0.1, -0.05) is 17.7 Å². The normalized spacial score (nSPS) is 13.4. The summed E-state index contributed by atoms with van der Waals surface area (Å²) < 4.78 is 51.6. The highest BCUT2D eigenvalue weighted by Gasteiger charge is 2.20. The first-order valence-corrected chi connectivity index (χ1v) is 14.1. The van der Waals surface area contributed by atoms with Crippen molar-refractivity contribution in [3.63, 3.8) is 0 Å². The van der Waals surface area contributed by atoms with Crippen molar-refractivity contribution >= 4 is 71.0 Å². The maximum Gasteiger partial charge on any atom is 0.261 e. The fourth-order valence-electron chi connectivity index (χ4n) is 3.28. The monoisotopic (exact) mass is 537 g/mol. The molecule has 1 unspecified atom stereocenters. The smallest absolute Gasteiger partial charge is 0.261 e. The third kappa shape index (κ3) is 4.78. The number of nitrogens with one attached hydrogen (secondary N) is 2. The summed E-state index contributed by atoms with van der Waals surface area (Å²) in [4.78, 5) is 12.5. The standard InChI is InChI=1S/C22H20ClN3O5S3/c1-26-21-10-8-17(13-18(21)22(27)32-26)34(29,30)25-20-11-14(23)7-9-19(20)24-33(3,28)16-6-4-5-15(12-16)31-2/h4-13,25H,3H2,1-2H3,(H,24,28). The zero-order valence-electron chi connectivity index (χ0n) is 18.1. The van der Waals surface area contributed by atoms with Crippen molar-refractivity contribution < 1.29 is 17.4 Å². The molecule has 3 aromatic carbocycles. The molecule has 1 atom stereocenters. The predicted octanol–water partition coefficient (Wildman–Crippen LogP) is 4.17. The number of nitrogens with zero attached hydrogens (tertiary/aromatic N) is 1. The number of hydrogen-bond donors (Lipinski definition) is 2. The van der Waals surface area contributed by atoms with Gasteiger partial charge in [0.2, 0.25) is 0 Å². The quantitative estimate of drug-likeness (QED) is 0.344. The SMILES string of the molecule is C=S(=O)(Nc1ccc(Cl)cc1NS(=O)(=O)c1ccc2c(c1)c(=O)sn2C)c1cccc(OC)c1. The van der Waals surface area contributed by atoms with E-state index in [0.717, 1.165) is 11.5 Å². The van der Waals surface area contributed by atoms with Gasteiger partial charge in [-0.2, -0.15) is 0 Å². The highest BCUT2D eigenvalue weighted by Crippen LogP contribution is 2.31. The molecule has 0 radical (unpaired) electrons. The van der Waals surface area contributed by atoms with Crippen LogP contribution in [0.5, 0.6) is 5.75 Å². The summed E-state index contributed by atoms with van der Waals surface area (Å²) >= 11 is 7.10. The van der Waals surface area contributed by atoms with E-state index >= 15 is 0 Å². The van der Waals surface area contributed by atoms with Crippen LogP contribution in [-0.4, -0.2) is 29.6 Å². The molecule has 0 saturated heterocycles. The number of aryl methyl sites for hydroxylation is 1. The van der Waals surface area contributed by atoms with Gasteiger partial charge in [-0.25, -0.2) is 12.6 Å². The summed E-state index contributed by atoms with van der Waals surface area (Å²) in [6, 6.07) is 15.3. The second-order valence-corrected chi connectivity index (χ2v) is 12.6. The average molecular weight is 538 g/mol. The highest BCUT2D eigenvalue weighted by atomic mass is 35.5. The molecule has 4 aromatic rings. The lowest BCUT2D eigenvalue weighted by molar-refractivity contribution is 0.413. The molecule has 0 saturated carbocycles. The van der Waals surface area contributed by atoms with Crippen LogP contribution < -0.4 is 18.9 Å². The van der Waals surface area contributed by atoms with E-state index in [9.17, 15) is 17.4 Å². The Bertz CT molecular complexity index is 1680. The van der Waals surface area contributed by atoms with E-state index in [2.05, 4.69) is 15.3 Å². The Morgan fingerprint density at radius 2 is 1.74 bits per heavy atom. The molecule has 0 aliphatic heterocycles. The zero-order chi connectivity index (χ0) is 24.7. The first kappa shape index (κ1) is 24.1. The topological polar surface area (TPSA) is 107 Å². The molecule has 0 aliphatic rings. The molecule has 34 heavy (non-hydrogen) atoms. The van der Waals surface area contributed by atoms with Crippen LogP contribution in [0.15, 0.2) is 75.2 Å². The third-order valence-electron chi connectivity index (χ3n) is 4.98. The van der Waals surface area contributed by atoms with Crippen LogP contribution in [0.2, 0.25) is 5.02 Å². The molecular formula is C22H20ClN3O5S3. The Labute approximate surface area is 206 Å². The van der Waals surface area contributed by atoms with Gasteiger partial charge in [-0.05, 0) is 72.0 Å². The highest BCUT2D eigenvalue weighted by molar-refractivity contribution is 8.01. The number of methoxy groups -OCH3 is 1. The van der Waals surface area contributed by atoms with Crippen molar-refractivity contribution in [1.29, 1.82) is 0 Å². The van der Waals surface area contributed by atoms with Crippen molar-refractivity contribution in [2.45, 2.75) is 9.79 Å². The second kappa shape index (κ2) is 8.99. The van der Waals surface area contributed by atoms with E-state index in [-0.39, 0.29) is 26.0 Å². The maximum atomic E-state index is 13.4. The Kier molecular flexibility index (Phi) is 6.38. The maximum absolute atomic E-state index is 13.4. The van der Waals surface area contributed by atoms with Gasteiger partial charge < -0.3 is 9.46 Å².